The molecule has 0 amide bonds. The summed E-state index contributed by atoms with van der Waals surface area (Å²) in [7, 11) is 0. The third-order valence-corrected chi connectivity index (χ3v) is 6.26. The average molecular weight is 280 g/mol. The van der Waals surface area contributed by atoms with Gasteiger partial charge in [0.1, 0.15) is 0 Å². The summed E-state index contributed by atoms with van der Waals surface area (Å²) < 4.78 is 0. The zero-order chi connectivity index (χ0) is 14.8. The van der Waals surface area contributed by atoms with Crippen molar-refractivity contribution in [2.45, 2.75) is 98.1 Å². The molecule has 2 fully saturated rings. The molecule has 0 aromatic carbocycles. The van der Waals surface area contributed by atoms with E-state index >= 15 is 0 Å². The van der Waals surface area contributed by atoms with E-state index in [4.69, 9.17) is 0 Å². The molecule has 2 aliphatic carbocycles. The molecule has 20 heavy (non-hydrogen) atoms. The molecule has 0 bridgehead atoms. The molecular formula is C19H37N. The van der Waals surface area contributed by atoms with Crippen molar-refractivity contribution in [1.29, 1.82) is 0 Å². The van der Waals surface area contributed by atoms with Gasteiger partial charge in [0, 0.05) is 12.1 Å². The second-order valence-corrected chi connectivity index (χ2v) is 8.90. The van der Waals surface area contributed by atoms with E-state index in [1.54, 1.807) is 0 Å². The zero-order valence-corrected chi connectivity index (χ0v) is 14.5. The minimum atomic E-state index is 0.504. The van der Waals surface area contributed by atoms with Crippen molar-refractivity contribution in [2.24, 2.45) is 23.2 Å². The highest BCUT2D eigenvalue weighted by molar-refractivity contribution is 4.86. The lowest BCUT2D eigenvalue weighted by atomic mass is 9.76. The summed E-state index contributed by atoms with van der Waals surface area (Å²) in [6.45, 7) is 12.2. The fourth-order valence-electron chi connectivity index (χ4n) is 4.37. The number of rotatable bonds is 2. The Morgan fingerprint density at radius 3 is 2.10 bits per heavy atom. The maximum absolute atomic E-state index is 4.02. The van der Waals surface area contributed by atoms with Crippen molar-refractivity contribution in [3.05, 3.63) is 0 Å². The van der Waals surface area contributed by atoms with Crippen LogP contribution in [0.1, 0.15) is 86.0 Å². The molecule has 0 aliphatic heterocycles. The summed E-state index contributed by atoms with van der Waals surface area (Å²) in [5.41, 5.74) is 0.504. The molecule has 0 aromatic heterocycles. The number of hydrogen-bond acceptors (Lipinski definition) is 1. The van der Waals surface area contributed by atoms with Crippen LogP contribution in [0.25, 0.3) is 0 Å². The van der Waals surface area contributed by atoms with Crippen LogP contribution in [0.15, 0.2) is 0 Å². The molecule has 1 nitrogen and oxygen atoms in total. The van der Waals surface area contributed by atoms with Gasteiger partial charge in [-0.15, -0.1) is 0 Å². The van der Waals surface area contributed by atoms with Crippen molar-refractivity contribution >= 4 is 0 Å². The Morgan fingerprint density at radius 2 is 1.45 bits per heavy atom. The second-order valence-electron chi connectivity index (χ2n) is 8.90. The molecule has 5 atom stereocenters. The van der Waals surface area contributed by atoms with Gasteiger partial charge in [0.15, 0.2) is 0 Å². The highest BCUT2D eigenvalue weighted by Gasteiger charge is 2.30. The first-order valence-electron chi connectivity index (χ1n) is 9.12. The first-order chi connectivity index (χ1) is 9.36. The zero-order valence-electron chi connectivity index (χ0n) is 14.5. The SMILES string of the molecule is CC1CCC(NC2CCCC(C(C)(C)C)CC2)CC1C. The Kier molecular flexibility index (Phi) is 5.56. The van der Waals surface area contributed by atoms with Crippen LogP contribution in [-0.2, 0) is 0 Å². The van der Waals surface area contributed by atoms with Crippen LogP contribution < -0.4 is 5.32 Å². The van der Waals surface area contributed by atoms with Gasteiger partial charge >= 0.3 is 0 Å². The molecule has 0 radical (unpaired) electrons. The summed E-state index contributed by atoms with van der Waals surface area (Å²) >= 11 is 0. The van der Waals surface area contributed by atoms with E-state index in [0.29, 0.717) is 5.41 Å². The molecular weight excluding hydrogens is 242 g/mol. The highest BCUT2D eigenvalue weighted by Crippen LogP contribution is 2.37. The molecule has 118 valence electrons. The van der Waals surface area contributed by atoms with Gasteiger partial charge in [0.05, 0.1) is 0 Å². The van der Waals surface area contributed by atoms with Gasteiger partial charge in [0.25, 0.3) is 0 Å². The second kappa shape index (κ2) is 6.81. The van der Waals surface area contributed by atoms with Crippen LogP contribution in [0.5, 0.6) is 0 Å². The van der Waals surface area contributed by atoms with Gasteiger partial charge in [-0.05, 0) is 68.1 Å². The molecule has 2 saturated carbocycles. The smallest absolute Gasteiger partial charge is 0.00723 e. The fraction of sp³-hybridized carbons (Fsp3) is 1.00. The Bertz CT molecular complexity index is 291. The van der Waals surface area contributed by atoms with Crippen LogP contribution in [0, 0.1) is 23.2 Å². The van der Waals surface area contributed by atoms with Crippen LogP contribution in [0.3, 0.4) is 0 Å². The third-order valence-electron chi connectivity index (χ3n) is 6.26. The maximum atomic E-state index is 4.02. The summed E-state index contributed by atoms with van der Waals surface area (Å²) in [6.07, 6.45) is 11.4. The van der Waals surface area contributed by atoms with Crippen molar-refractivity contribution < 1.29 is 0 Å². The molecule has 0 heterocycles. The molecule has 2 aliphatic rings. The Morgan fingerprint density at radius 1 is 0.750 bits per heavy atom. The van der Waals surface area contributed by atoms with E-state index in [9.17, 15) is 0 Å². The lowest BCUT2D eigenvalue weighted by Crippen LogP contribution is -2.42. The van der Waals surface area contributed by atoms with Gasteiger partial charge in [0.2, 0.25) is 0 Å². The van der Waals surface area contributed by atoms with Crippen molar-refractivity contribution in [3.63, 3.8) is 0 Å². The monoisotopic (exact) mass is 279 g/mol. The Labute approximate surface area is 127 Å². The molecule has 1 heteroatoms. The van der Waals surface area contributed by atoms with Crippen LogP contribution in [0.4, 0.5) is 0 Å². The summed E-state index contributed by atoms with van der Waals surface area (Å²) in [5.74, 6) is 2.78. The predicted molar refractivity (Wildman–Crippen MR) is 88.9 cm³/mol. The van der Waals surface area contributed by atoms with E-state index in [1.807, 2.05) is 0 Å². The standard InChI is InChI=1S/C19H37N/c1-14-9-11-18(13-15(14)2)20-17-8-6-7-16(10-12-17)19(3,4)5/h14-18,20H,6-13H2,1-5H3. The lowest BCUT2D eigenvalue weighted by Gasteiger charge is -2.35. The molecule has 2 rings (SSSR count). The lowest BCUT2D eigenvalue weighted by molar-refractivity contribution is 0.202. The molecule has 1 N–H and O–H groups in total. The van der Waals surface area contributed by atoms with E-state index < -0.39 is 0 Å². The quantitative estimate of drug-likeness (QED) is 0.668. The van der Waals surface area contributed by atoms with E-state index in [1.165, 1.54) is 51.4 Å². The third kappa shape index (κ3) is 4.48. The Balaban J connectivity index is 1.80. The topological polar surface area (TPSA) is 12.0 Å². The van der Waals surface area contributed by atoms with Crippen LogP contribution >= 0.6 is 0 Å². The van der Waals surface area contributed by atoms with E-state index in [2.05, 4.69) is 39.9 Å². The van der Waals surface area contributed by atoms with Gasteiger partial charge < -0.3 is 5.32 Å². The predicted octanol–water partition coefficient (Wildman–Crippen LogP) is 5.40. The van der Waals surface area contributed by atoms with Gasteiger partial charge in [-0.2, -0.15) is 0 Å². The summed E-state index contributed by atoms with van der Waals surface area (Å²) in [4.78, 5) is 0. The normalized spacial score (nSPS) is 40.4. The molecule has 5 unspecified atom stereocenters. The van der Waals surface area contributed by atoms with Gasteiger partial charge in [-0.3, -0.25) is 0 Å². The largest absolute Gasteiger partial charge is 0.311 e. The first-order valence-corrected chi connectivity index (χ1v) is 9.12. The molecule has 0 spiro atoms. The van der Waals surface area contributed by atoms with Gasteiger partial charge in [-0.1, -0.05) is 41.0 Å². The molecule has 0 aromatic rings. The highest BCUT2D eigenvalue weighted by atomic mass is 15.0. The van der Waals surface area contributed by atoms with Crippen LogP contribution in [-0.4, -0.2) is 12.1 Å². The van der Waals surface area contributed by atoms with E-state index in [-0.39, 0.29) is 0 Å². The van der Waals surface area contributed by atoms with Crippen LogP contribution in [0.2, 0.25) is 0 Å². The van der Waals surface area contributed by atoms with Crippen molar-refractivity contribution in [1.82, 2.24) is 5.32 Å². The van der Waals surface area contributed by atoms with E-state index in [0.717, 1.165) is 29.8 Å². The first kappa shape index (κ1) is 16.3. The van der Waals surface area contributed by atoms with Crippen molar-refractivity contribution in [3.8, 4) is 0 Å². The number of nitrogens with one attached hydrogen (secondary N) is 1. The maximum Gasteiger partial charge on any atom is 0.00723 e. The molecule has 0 saturated heterocycles. The number of hydrogen-bond donors (Lipinski definition) is 1. The Hall–Kier alpha value is -0.0400. The average Bonchev–Trinajstić information content (AvgIpc) is 2.59. The summed E-state index contributed by atoms with van der Waals surface area (Å²) in [5, 5.41) is 4.02. The van der Waals surface area contributed by atoms with Crippen molar-refractivity contribution in [2.75, 3.05) is 0 Å². The van der Waals surface area contributed by atoms with Gasteiger partial charge in [-0.25, -0.2) is 0 Å². The minimum absolute atomic E-state index is 0.504. The summed E-state index contributed by atoms with van der Waals surface area (Å²) in [6, 6.07) is 1.60. The fourth-order valence-corrected chi connectivity index (χ4v) is 4.37. The minimum Gasteiger partial charge on any atom is -0.311 e.